The van der Waals surface area contributed by atoms with Crippen LogP contribution in [0, 0.1) is 5.41 Å². The first-order valence-electron chi connectivity index (χ1n) is 6.43. The predicted molar refractivity (Wildman–Crippen MR) is 72.4 cm³/mol. The summed E-state index contributed by atoms with van der Waals surface area (Å²) in [6, 6.07) is 0. The number of thiazole rings is 1. The average molecular weight is 282 g/mol. The molecule has 1 N–H and O–H groups in total. The number of carboxylic acids is 1. The first-order valence-corrected chi connectivity index (χ1v) is 7.25. The number of carbonyl (C=O) groups excluding carboxylic acids is 1. The third-order valence-corrected chi connectivity index (χ3v) is 4.55. The van der Waals surface area contributed by atoms with E-state index in [1.54, 1.807) is 18.0 Å². The summed E-state index contributed by atoms with van der Waals surface area (Å²) in [6.07, 6.45) is 4.00. The quantitative estimate of drug-likeness (QED) is 0.917. The van der Waals surface area contributed by atoms with E-state index in [1.165, 1.54) is 11.3 Å². The largest absolute Gasteiger partial charge is 0.481 e. The van der Waals surface area contributed by atoms with Gasteiger partial charge in [0.15, 0.2) is 0 Å². The van der Waals surface area contributed by atoms with Gasteiger partial charge in [0.05, 0.1) is 16.6 Å². The second-order valence-electron chi connectivity index (χ2n) is 5.21. The number of nitrogens with zero attached hydrogens (tertiary/aromatic N) is 2. The van der Waals surface area contributed by atoms with Crippen molar-refractivity contribution in [1.82, 2.24) is 9.88 Å². The summed E-state index contributed by atoms with van der Waals surface area (Å²) in [5.41, 5.74) is -0.813. The molecule has 5 nitrogen and oxygen atoms in total. The van der Waals surface area contributed by atoms with E-state index in [0.29, 0.717) is 17.8 Å². The minimum atomic E-state index is -0.834. The molecular weight excluding hydrogens is 264 g/mol. The van der Waals surface area contributed by atoms with E-state index in [2.05, 4.69) is 11.9 Å². The Kier molecular flexibility index (Phi) is 3.89. The summed E-state index contributed by atoms with van der Waals surface area (Å²) in [7, 11) is 0. The zero-order chi connectivity index (χ0) is 14.0. The summed E-state index contributed by atoms with van der Waals surface area (Å²) < 4.78 is 0. The van der Waals surface area contributed by atoms with Gasteiger partial charge in [-0.3, -0.25) is 9.59 Å². The van der Waals surface area contributed by atoms with Gasteiger partial charge in [-0.25, -0.2) is 4.98 Å². The molecule has 0 saturated carbocycles. The molecule has 1 unspecified atom stereocenters. The second-order valence-corrected chi connectivity index (χ2v) is 6.33. The Morgan fingerprint density at radius 1 is 1.58 bits per heavy atom. The molecule has 1 aromatic rings. The highest BCUT2D eigenvalue weighted by Crippen LogP contribution is 2.31. The Morgan fingerprint density at radius 3 is 2.89 bits per heavy atom. The molecule has 1 atom stereocenters. The third kappa shape index (κ3) is 2.78. The lowest BCUT2D eigenvalue weighted by atomic mass is 9.90. The van der Waals surface area contributed by atoms with Gasteiger partial charge >= 0.3 is 5.97 Å². The van der Waals surface area contributed by atoms with E-state index in [-0.39, 0.29) is 12.5 Å². The molecule has 104 valence electrons. The van der Waals surface area contributed by atoms with E-state index in [0.717, 1.165) is 17.8 Å². The highest BCUT2D eigenvalue weighted by Gasteiger charge is 2.42. The van der Waals surface area contributed by atoms with E-state index >= 15 is 0 Å². The summed E-state index contributed by atoms with van der Waals surface area (Å²) >= 11 is 1.41. The topological polar surface area (TPSA) is 70.5 Å². The van der Waals surface area contributed by atoms with Crippen LogP contribution in [0.1, 0.15) is 41.4 Å². The van der Waals surface area contributed by atoms with Gasteiger partial charge < -0.3 is 10.0 Å². The molecule has 1 aliphatic rings. The Bertz CT molecular complexity index is 500. The summed E-state index contributed by atoms with van der Waals surface area (Å²) in [5, 5.41) is 10.1. The Morgan fingerprint density at radius 2 is 2.32 bits per heavy atom. The molecule has 1 fully saturated rings. The van der Waals surface area contributed by atoms with Gasteiger partial charge in [0.1, 0.15) is 4.88 Å². The summed E-state index contributed by atoms with van der Waals surface area (Å²) in [4.78, 5) is 29.9. The molecule has 0 aromatic carbocycles. The van der Waals surface area contributed by atoms with Crippen LogP contribution in [0.4, 0.5) is 0 Å². The maximum Gasteiger partial charge on any atom is 0.311 e. The number of rotatable bonds is 4. The second kappa shape index (κ2) is 5.28. The van der Waals surface area contributed by atoms with E-state index in [1.807, 2.05) is 0 Å². The van der Waals surface area contributed by atoms with Crippen molar-refractivity contribution in [1.29, 1.82) is 0 Å². The maximum absolute atomic E-state index is 12.3. The molecule has 6 heteroatoms. The van der Waals surface area contributed by atoms with Crippen molar-refractivity contribution in [2.24, 2.45) is 5.41 Å². The van der Waals surface area contributed by atoms with Gasteiger partial charge in [-0.15, -0.1) is 11.3 Å². The first kappa shape index (κ1) is 14.0. The van der Waals surface area contributed by atoms with Crippen molar-refractivity contribution in [3.63, 3.8) is 0 Å². The number of carbonyl (C=O) groups is 2. The van der Waals surface area contributed by atoms with Crippen molar-refractivity contribution in [3.8, 4) is 0 Å². The third-order valence-electron chi connectivity index (χ3n) is 3.51. The Hall–Kier alpha value is -1.43. The fourth-order valence-electron chi connectivity index (χ4n) is 2.20. The van der Waals surface area contributed by atoms with Crippen LogP contribution in [0.3, 0.4) is 0 Å². The summed E-state index contributed by atoms with van der Waals surface area (Å²) in [6.45, 7) is 4.55. The molecule has 0 aliphatic carbocycles. The highest BCUT2D eigenvalue weighted by molar-refractivity contribution is 7.13. The molecule has 1 saturated heterocycles. The zero-order valence-electron chi connectivity index (χ0n) is 11.2. The molecule has 1 aromatic heterocycles. The van der Waals surface area contributed by atoms with Crippen LogP contribution < -0.4 is 0 Å². The van der Waals surface area contributed by atoms with E-state index in [9.17, 15) is 9.59 Å². The molecule has 0 bridgehead atoms. The van der Waals surface area contributed by atoms with Gasteiger partial charge in [-0.05, 0) is 26.2 Å². The fraction of sp³-hybridized carbons (Fsp3) is 0.615. The van der Waals surface area contributed by atoms with Crippen molar-refractivity contribution in [2.75, 3.05) is 13.1 Å². The Labute approximate surface area is 116 Å². The van der Waals surface area contributed by atoms with Crippen LogP contribution in [0.15, 0.2) is 6.20 Å². The maximum atomic E-state index is 12.3. The fourth-order valence-corrected chi connectivity index (χ4v) is 3.19. The van der Waals surface area contributed by atoms with Gasteiger partial charge in [0, 0.05) is 13.1 Å². The molecule has 1 aliphatic heterocycles. The molecule has 2 rings (SSSR count). The van der Waals surface area contributed by atoms with Gasteiger partial charge in [-0.2, -0.15) is 0 Å². The van der Waals surface area contributed by atoms with Crippen LogP contribution >= 0.6 is 11.3 Å². The molecule has 2 heterocycles. The van der Waals surface area contributed by atoms with Crippen LogP contribution in [-0.4, -0.2) is 40.0 Å². The van der Waals surface area contributed by atoms with E-state index < -0.39 is 11.4 Å². The molecule has 19 heavy (non-hydrogen) atoms. The van der Waals surface area contributed by atoms with E-state index in [4.69, 9.17) is 5.11 Å². The minimum Gasteiger partial charge on any atom is -0.481 e. The van der Waals surface area contributed by atoms with Crippen molar-refractivity contribution < 1.29 is 14.7 Å². The number of aryl methyl sites for hydroxylation is 1. The zero-order valence-corrected chi connectivity index (χ0v) is 12.0. The normalized spacial score (nSPS) is 22.7. The smallest absolute Gasteiger partial charge is 0.311 e. The average Bonchev–Trinajstić information content (AvgIpc) is 2.97. The lowest BCUT2D eigenvalue weighted by Gasteiger charge is -2.19. The van der Waals surface area contributed by atoms with Crippen molar-refractivity contribution in [3.05, 3.63) is 16.1 Å². The number of hydrogen-bond donors (Lipinski definition) is 1. The summed E-state index contributed by atoms with van der Waals surface area (Å²) in [5.74, 6) is -0.927. The monoisotopic (exact) mass is 282 g/mol. The van der Waals surface area contributed by atoms with Gasteiger partial charge in [0.25, 0.3) is 5.91 Å². The molecule has 1 amide bonds. The van der Waals surface area contributed by atoms with Crippen LogP contribution in [0.2, 0.25) is 0 Å². The number of likely N-dealkylation sites (tertiary alicyclic amines) is 1. The van der Waals surface area contributed by atoms with Gasteiger partial charge in [-0.1, -0.05) is 6.92 Å². The molecular formula is C13H18N2O3S. The van der Waals surface area contributed by atoms with Crippen molar-refractivity contribution in [2.45, 2.75) is 33.1 Å². The lowest BCUT2D eigenvalue weighted by Crippen LogP contribution is -2.34. The van der Waals surface area contributed by atoms with Crippen LogP contribution in [0.25, 0.3) is 0 Å². The standard InChI is InChI=1S/C13H18N2O3S/c1-3-4-10-14-7-9(19-10)11(16)15-6-5-13(2,8-15)12(17)18/h7H,3-6,8H2,1-2H3,(H,17,18). The van der Waals surface area contributed by atoms with Crippen molar-refractivity contribution >= 4 is 23.2 Å². The molecule has 0 spiro atoms. The lowest BCUT2D eigenvalue weighted by molar-refractivity contribution is -0.147. The SMILES string of the molecule is CCCc1ncc(C(=O)N2CCC(C)(C(=O)O)C2)s1. The first-order chi connectivity index (χ1) is 8.96. The van der Waals surface area contributed by atoms with Crippen LogP contribution in [0.5, 0.6) is 0 Å². The number of amides is 1. The minimum absolute atomic E-state index is 0.0928. The van der Waals surface area contributed by atoms with Gasteiger partial charge in [0.2, 0.25) is 0 Å². The number of aliphatic carboxylic acids is 1. The Balaban J connectivity index is 2.06. The number of aromatic nitrogens is 1. The number of hydrogen-bond acceptors (Lipinski definition) is 4. The predicted octanol–water partition coefficient (Wildman–Crippen LogP) is 2.03. The highest BCUT2D eigenvalue weighted by atomic mass is 32.1. The van der Waals surface area contributed by atoms with Crippen LogP contribution in [-0.2, 0) is 11.2 Å². The molecule has 0 radical (unpaired) electrons. The number of carboxylic acid groups (broad SMARTS) is 1.